The summed E-state index contributed by atoms with van der Waals surface area (Å²) in [6.07, 6.45) is 5.92. The van der Waals surface area contributed by atoms with Crippen molar-refractivity contribution in [3.8, 4) is 0 Å². The third kappa shape index (κ3) is 5.30. The molecule has 0 saturated heterocycles. The summed E-state index contributed by atoms with van der Waals surface area (Å²) in [4.78, 5) is 4.19. The minimum atomic E-state index is 0.0838. The number of aliphatic imine (C=N–C) groups is 1. The largest absolute Gasteiger partial charge is 0.304 e. The van der Waals surface area contributed by atoms with Gasteiger partial charge >= 0.3 is 0 Å². The molecular formula is C18H28N2. The average molecular weight is 272 g/mol. The maximum Gasteiger partial charge on any atom is 0.0464 e. The van der Waals surface area contributed by atoms with Crippen molar-refractivity contribution < 1.29 is 0 Å². The summed E-state index contributed by atoms with van der Waals surface area (Å²) in [5, 5.41) is 3.60. The van der Waals surface area contributed by atoms with Crippen molar-refractivity contribution in [2.75, 3.05) is 7.05 Å². The van der Waals surface area contributed by atoms with Gasteiger partial charge in [-0.05, 0) is 50.3 Å². The quantitative estimate of drug-likeness (QED) is 0.781. The van der Waals surface area contributed by atoms with Crippen LogP contribution in [0.5, 0.6) is 0 Å². The first-order chi connectivity index (χ1) is 9.39. The lowest BCUT2D eigenvalue weighted by molar-refractivity contribution is 0.403. The van der Waals surface area contributed by atoms with Crippen LogP contribution in [0.15, 0.2) is 29.8 Å². The van der Waals surface area contributed by atoms with Gasteiger partial charge in [0.25, 0.3) is 0 Å². The second-order valence-electron chi connectivity index (χ2n) is 6.20. The lowest BCUT2D eigenvalue weighted by atomic mass is 9.97. The lowest BCUT2D eigenvalue weighted by Crippen LogP contribution is -2.45. The molecule has 0 aliphatic rings. The first-order valence-electron chi connectivity index (χ1n) is 7.33. The fourth-order valence-electron chi connectivity index (χ4n) is 2.42. The van der Waals surface area contributed by atoms with Crippen LogP contribution in [-0.2, 0) is 12.8 Å². The molecule has 2 nitrogen and oxygen atoms in total. The Morgan fingerprint density at radius 2 is 2.05 bits per heavy atom. The van der Waals surface area contributed by atoms with Gasteiger partial charge in [0.15, 0.2) is 0 Å². The monoisotopic (exact) mass is 272 g/mol. The van der Waals surface area contributed by atoms with Crippen LogP contribution in [0, 0.1) is 0 Å². The number of nitrogens with zero attached hydrogens (tertiary/aromatic N) is 1. The zero-order valence-corrected chi connectivity index (χ0v) is 13.5. The molecule has 0 heterocycles. The van der Waals surface area contributed by atoms with Crippen molar-refractivity contribution >= 4 is 12.3 Å². The van der Waals surface area contributed by atoms with Crippen molar-refractivity contribution in [1.82, 2.24) is 5.32 Å². The van der Waals surface area contributed by atoms with E-state index in [0.717, 1.165) is 12.8 Å². The van der Waals surface area contributed by atoms with Gasteiger partial charge in [-0.15, -0.1) is 0 Å². The van der Waals surface area contributed by atoms with Crippen LogP contribution in [0.4, 0.5) is 0 Å². The summed E-state index contributed by atoms with van der Waals surface area (Å²) in [6.45, 7) is 12.6. The number of hydrogen-bond donors (Lipinski definition) is 1. The van der Waals surface area contributed by atoms with Gasteiger partial charge in [-0.25, -0.2) is 0 Å². The fourth-order valence-corrected chi connectivity index (χ4v) is 2.42. The second kappa shape index (κ2) is 7.39. The Hall–Kier alpha value is -1.41. The van der Waals surface area contributed by atoms with E-state index in [1.807, 2.05) is 19.3 Å². The Morgan fingerprint density at radius 1 is 1.35 bits per heavy atom. The second-order valence-corrected chi connectivity index (χ2v) is 6.20. The van der Waals surface area contributed by atoms with Crippen LogP contribution in [0.3, 0.4) is 0 Å². The Kier molecular flexibility index (Phi) is 6.15. The molecule has 0 aliphatic heterocycles. The van der Waals surface area contributed by atoms with Crippen molar-refractivity contribution in [1.29, 1.82) is 0 Å². The molecule has 0 spiro atoms. The Balaban J connectivity index is 2.91. The summed E-state index contributed by atoms with van der Waals surface area (Å²) in [7, 11) is 1.83. The number of benzene rings is 1. The number of aryl methyl sites for hydroxylation is 1. The van der Waals surface area contributed by atoms with E-state index in [4.69, 9.17) is 0 Å². The molecule has 1 rings (SSSR count). The molecule has 110 valence electrons. The zero-order chi connectivity index (χ0) is 15.2. The van der Waals surface area contributed by atoms with E-state index in [1.165, 1.54) is 16.7 Å². The summed E-state index contributed by atoms with van der Waals surface area (Å²) < 4.78 is 0. The van der Waals surface area contributed by atoms with Crippen molar-refractivity contribution in [3.05, 3.63) is 41.5 Å². The predicted molar refractivity (Wildman–Crippen MR) is 90.7 cm³/mol. The topological polar surface area (TPSA) is 24.4 Å². The molecule has 1 aromatic rings. The average Bonchev–Trinajstić information content (AvgIpc) is 2.37. The third-order valence-corrected chi connectivity index (χ3v) is 3.21. The van der Waals surface area contributed by atoms with Crippen LogP contribution in [-0.4, -0.2) is 24.8 Å². The van der Waals surface area contributed by atoms with E-state index in [0.29, 0.717) is 0 Å². The normalized spacial score (nSPS) is 13.7. The summed E-state index contributed by atoms with van der Waals surface area (Å²) in [5.41, 5.74) is 4.02. The van der Waals surface area contributed by atoms with Crippen LogP contribution < -0.4 is 5.32 Å². The smallest absolute Gasteiger partial charge is 0.0464 e. The van der Waals surface area contributed by atoms with Crippen LogP contribution in [0.1, 0.15) is 44.4 Å². The molecule has 0 amide bonds. The Labute approximate surface area is 124 Å². The molecule has 0 radical (unpaired) electrons. The molecule has 20 heavy (non-hydrogen) atoms. The number of rotatable bonds is 6. The Morgan fingerprint density at radius 3 is 2.55 bits per heavy atom. The van der Waals surface area contributed by atoms with Gasteiger partial charge < -0.3 is 5.32 Å². The van der Waals surface area contributed by atoms with Gasteiger partial charge in [-0.1, -0.05) is 37.8 Å². The molecular weight excluding hydrogens is 244 g/mol. The van der Waals surface area contributed by atoms with Gasteiger partial charge in [0.2, 0.25) is 0 Å². The summed E-state index contributed by atoms with van der Waals surface area (Å²) >= 11 is 0. The fraction of sp³-hybridized carbons (Fsp3) is 0.500. The minimum Gasteiger partial charge on any atom is -0.304 e. The maximum atomic E-state index is 4.19. The molecule has 1 aromatic carbocycles. The van der Waals surface area contributed by atoms with Gasteiger partial charge in [0.05, 0.1) is 0 Å². The van der Waals surface area contributed by atoms with E-state index < -0.39 is 0 Å². The highest BCUT2D eigenvalue weighted by atomic mass is 15.0. The zero-order valence-electron chi connectivity index (χ0n) is 13.5. The van der Waals surface area contributed by atoms with E-state index >= 15 is 0 Å². The van der Waals surface area contributed by atoms with E-state index in [9.17, 15) is 0 Å². The summed E-state index contributed by atoms with van der Waals surface area (Å²) in [5.74, 6) is 0. The van der Waals surface area contributed by atoms with Crippen LogP contribution in [0.25, 0.3) is 6.08 Å². The SMILES string of the molecule is C=Cc1ccc(CC(C=NC)NC(C)(C)C)cc1CC. The van der Waals surface area contributed by atoms with Crippen LogP contribution >= 0.6 is 0 Å². The van der Waals surface area contributed by atoms with Gasteiger partial charge in [-0.2, -0.15) is 0 Å². The van der Waals surface area contributed by atoms with Gasteiger partial charge in [-0.3, -0.25) is 4.99 Å². The first kappa shape index (κ1) is 16.6. The van der Waals surface area contributed by atoms with Gasteiger partial charge in [0.1, 0.15) is 0 Å². The molecule has 0 aromatic heterocycles. The molecule has 0 aliphatic carbocycles. The van der Waals surface area contributed by atoms with Crippen molar-refractivity contribution in [2.45, 2.75) is 52.1 Å². The molecule has 1 atom stereocenters. The van der Waals surface area contributed by atoms with Crippen molar-refractivity contribution in [3.63, 3.8) is 0 Å². The first-order valence-corrected chi connectivity index (χ1v) is 7.33. The molecule has 1 unspecified atom stereocenters. The standard InChI is InChI=1S/C18H28N2/c1-7-15-10-9-14(11-16(15)8-2)12-17(13-19-6)20-18(3,4)5/h7,9-11,13,17,20H,1,8,12H2,2-6H3. The highest BCUT2D eigenvalue weighted by molar-refractivity contribution is 5.65. The third-order valence-electron chi connectivity index (χ3n) is 3.21. The summed E-state index contributed by atoms with van der Waals surface area (Å²) in [6, 6.07) is 6.91. The Bertz CT molecular complexity index is 467. The predicted octanol–water partition coefficient (Wildman–Crippen LogP) is 3.89. The number of nitrogens with one attached hydrogen (secondary N) is 1. The molecule has 1 N–H and O–H groups in total. The molecule has 0 fully saturated rings. The molecule has 2 heteroatoms. The molecule has 0 bridgehead atoms. The van der Waals surface area contributed by atoms with Gasteiger partial charge in [0, 0.05) is 24.8 Å². The highest BCUT2D eigenvalue weighted by Crippen LogP contribution is 2.16. The molecule has 0 saturated carbocycles. The van der Waals surface area contributed by atoms with E-state index in [-0.39, 0.29) is 11.6 Å². The van der Waals surface area contributed by atoms with Crippen molar-refractivity contribution in [2.24, 2.45) is 4.99 Å². The lowest BCUT2D eigenvalue weighted by Gasteiger charge is -2.26. The van der Waals surface area contributed by atoms with E-state index in [1.54, 1.807) is 0 Å². The highest BCUT2D eigenvalue weighted by Gasteiger charge is 2.16. The van der Waals surface area contributed by atoms with E-state index in [2.05, 4.69) is 62.8 Å². The maximum absolute atomic E-state index is 4.19. The minimum absolute atomic E-state index is 0.0838. The van der Waals surface area contributed by atoms with Crippen LogP contribution in [0.2, 0.25) is 0 Å². The number of hydrogen-bond acceptors (Lipinski definition) is 2.